The molecule has 0 radical (unpaired) electrons. The van der Waals surface area contributed by atoms with Crippen LogP contribution >= 0.6 is 0 Å². The van der Waals surface area contributed by atoms with Crippen LogP contribution in [0.25, 0.3) is 0 Å². The fourth-order valence-electron chi connectivity index (χ4n) is 3.95. The Kier molecular flexibility index (Phi) is 11.8. The minimum atomic E-state index is -7.91. The molecule has 0 heterocycles. The highest BCUT2D eigenvalue weighted by atomic mass is 28.5. The molecule has 0 unspecified atom stereocenters. The summed E-state index contributed by atoms with van der Waals surface area (Å²) in [6.45, 7) is 16.0. The minimum Gasteiger partial charge on any atom is -0.440 e. The topological polar surface area (TPSA) is 36.9 Å². The fraction of sp³-hybridized carbons (Fsp3) is 1.00. The maximum Gasteiger partial charge on any atom is 0.460 e. The Morgan fingerprint density at radius 1 is 0.500 bits per heavy atom. The van der Waals surface area contributed by atoms with E-state index in [1.165, 1.54) is 26.2 Å². The van der Waals surface area contributed by atoms with Gasteiger partial charge in [-0.3, -0.25) is 0 Å². The van der Waals surface area contributed by atoms with E-state index in [1.54, 1.807) is 26.2 Å². The second-order valence-electron chi connectivity index (χ2n) is 11.4. The van der Waals surface area contributed by atoms with Crippen molar-refractivity contribution in [1.29, 1.82) is 0 Å². The molecule has 0 aromatic carbocycles. The van der Waals surface area contributed by atoms with Crippen LogP contribution in [0, 0.1) is 0 Å². The van der Waals surface area contributed by atoms with E-state index in [0.717, 1.165) is 0 Å². The van der Waals surface area contributed by atoms with E-state index < -0.39 is 91.3 Å². The van der Waals surface area contributed by atoms with Crippen molar-refractivity contribution in [1.82, 2.24) is 0 Å². The summed E-state index contributed by atoms with van der Waals surface area (Å²) in [7, 11) is -14.0. The molecular weight excluding hydrogens is 668 g/mol. The van der Waals surface area contributed by atoms with E-state index in [0.29, 0.717) is 0 Å². The van der Waals surface area contributed by atoms with E-state index >= 15 is 0 Å². The summed E-state index contributed by atoms with van der Waals surface area (Å²) >= 11 is 0. The summed E-state index contributed by atoms with van der Waals surface area (Å²) in [4.78, 5) is 0. The third kappa shape index (κ3) is 9.26. The lowest BCUT2D eigenvalue weighted by atomic mass is 9.93. The Morgan fingerprint density at radius 3 is 1.23 bits per heavy atom. The summed E-state index contributed by atoms with van der Waals surface area (Å²) in [5.74, 6) is -36.9. The van der Waals surface area contributed by atoms with Crippen LogP contribution in [-0.4, -0.2) is 78.8 Å². The minimum absolute atomic E-state index is 1.10. The van der Waals surface area contributed by atoms with Gasteiger partial charge in [0.15, 0.2) is 17.4 Å². The number of alkyl halides is 13. The lowest BCUT2D eigenvalue weighted by Crippen LogP contribution is -2.70. The van der Waals surface area contributed by atoms with Gasteiger partial charge in [0, 0.05) is 6.42 Å². The first kappa shape index (κ1) is 40.0. The van der Waals surface area contributed by atoms with Gasteiger partial charge in [-0.25, -0.2) is 0 Å². The molecule has 0 fully saturated rings. The van der Waals surface area contributed by atoms with Gasteiger partial charge in [-0.2, -0.15) is 57.1 Å². The molecule has 0 rings (SSSR count). The van der Waals surface area contributed by atoms with Gasteiger partial charge in [-0.05, 0) is 71.5 Å². The largest absolute Gasteiger partial charge is 0.460 e. The van der Waals surface area contributed by atoms with Gasteiger partial charge in [-0.15, -0.1) is 0 Å². The highest BCUT2D eigenvalue weighted by Gasteiger charge is 2.90. The van der Waals surface area contributed by atoms with Gasteiger partial charge in [0.05, 0.1) is 0 Å². The maximum absolute atomic E-state index is 14.3. The number of rotatable bonds is 15. The zero-order valence-corrected chi connectivity index (χ0v) is 28.7. The zero-order valence-electron chi connectivity index (χ0n) is 23.5. The van der Waals surface area contributed by atoms with Crippen LogP contribution in [-0.2, 0) is 16.5 Å². The zero-order chi connectivity index (χ0) is 32.8. The monoisotopic (exact) mass is 702 g/mol. The molecule has 242 valence electrons. The average molecular weight is 703 g/mol. The highest BCUT2D eigenvalue weighted by molar-refractivity contribution is 6.89. The Balaban J connectivity index is 5.82. The molecule has 4 nitrogen and oxygen atoms in total. The smallest absolute Gasteiger partial charge is 0.440 e. The van der Waals surface area contributed by atoms with Gasteiger partial charge in [0.2, 0.25) is 0 Å². The maximum atomic E-state index is 14.3. The van der Waals surface area contributed by atoms with Crippen molar-refractivity contribution in [2.45, 2.75) is 114 Å². The van der Waals surface area contributed by atoms with Crippen molar-refractivity contribution >= 4 is 43.0 Å². The van der Waals surface area contributed by atoms with Crippen LogP contribution in [0.1, 0.15) is 6.42 Å². The van der Waals surface area contributed by atoms with Crippen LogP contribution in [0.15, 0.2) is 0 Å². The van der Waals surface area contributed by atoms with Crippen molar-refractivity contribution in [2.24, 2.45) is 0 Å². The molecule has 22 heteroatoms. The predicted octanol–water partition coefficient (Wildman–Crippen LogP) is 8.48. The Morgan fingerprint density at radius 2 is 0.850 bits per heavy atom. The van der Waals surface area contributed by atoms with Crippen LogP contribution in [0.5, 0.6) is 0 Å². The quantitative estimate of drug-likeness (QED) is 0.127. The van der Waals surface area contributed by atoms with Crippen molar-refractivity contribution in [3.8, 4) is 0 Å². The lowest BCUT2D eigenvalue weighted by molar-refractivity contribution is -0.439. The molecule has 0 aliphatic carbocycles. The average Bonchev–Trinajstić information content (AvgIpc) is 2.60. The van der Waals surface area contributed by atoms with E-state index in [4.69, 9.17) is 16.5 Å². The Hall–Kier alpha value is 0.0144. The van der Waals surface area contributed by atoms with Crippen molar-refractivity contribution < 1.29 is 73.5 Å². The molecule has 40 heavy (non-hydrogen) atoms. The molecule has 0 spiro atoms. The normalized spacial score (nSPS) is 16.2. The highest BCUT2D eigenvalue weighted by Crippen LogP contribution is 2.61. The number of hydrogen-bond acceptors (Lipinski definition) is 4. The Labute approximate surface area is 230 Å². The van der Waals surface area contributed by atoms with Crippen molar-refractivity contribution in [3.05, 3.63) is 0 Å². The van der Waals surface area contributed by atoms with E-state index in [9.17, 15) is 57.1 Å². The van der Waals surface area contributed by atoms with Crippen LogP contribution in [0.2, 0.25) is 71.5 Å². The third-order valence-corrected chi connectivity index (χ3v) is 22.7. The van der Waals surface area contributed by atoms with Crippen LogP contribution in [0.4, 0.5) is 57.1 Å². The second-order valence-corrected chi connectivity index (χ2v) is 29.3. The molecule has 0 N–H and O–H groups in total. The summed E-state index contributed by atoms with van der Waals surface area (Å²) < 4.78 is 198. The van der Waals surface area contributed by atoms with E-state index in [1.807, 2.05) is 13.1 Å². The van der Waals surface area contributed by atoms with Gasteiger partial charge >= 0.3 is 61.5 Å². The van der Waals surface area contributed by atoms with Gasteiger partial charge in [0.25, 0.3) is 0 Å². The first-order valence-corrected chi connectivity index (χ1v) is 26.1. The SMILES string of the molecule is C[SiH](C)O[Si](C)(C)O[Si](C)(C)O[Si](C)(C)O[Si](C)(C)CCC(F)(F)C(F)(F)C(F)(F)C(F)(F)C(F)(F)C(F)(F)F. The van der Waals surface area contributed by atoms with Crippen LogP contribution in [0.3, 0.4) is 0 Å². The summed E-state index contributed by atoms with van der Waals surface area (Å²) in [5, 5.41) is 0. The molecule has 0 saturated carbocycles. The first-order chi connectivity index (χ1) is 17.0. The fourth-order valence-corrected chi connectivity index (χ4v) is 26.3. The summed E-state index contributed by atoms with van der Waals surface area (Å²) in [6.07, 6.45) is -9.72. The number of hydrogen-bond donors (Lipinski definition) is 0. The van der Waals surface area contributed by atoms with Crippen molar-refractivity contribution in [2.75, 3.05) is 0 Å². The number of halogens is 13. The standard InChI is InChI=1S/C18H35F13O4Si5/c1-36(2)32-38(5,6)34-40(9,10)35-39(7,8)33-37(3,4)12-11-13(19,20)14(21,22)15(23,24)16(25,26)17(27,28)18(29,30)31/h36H,11-12H2,1-10H3. The molecule has 0 saturated heterocycles. The Bertz CT molecular complexity index is 866. The molecule has 0 aliphatic heterocycles. The van der Waals surface area contributed by atoms with Gasteiger partial charge < -0.3 is 16.5 Å². The first-order valence-electron chi connectivity index (χ1n) is 11.7. The predicted molar refractivity (Wildman–Crippen MR) is 133 cm³/mol. The lowest BCUT2D eigenvalue weighted by Gasteiger charge is -2.42. The van der Waals surface area contributed by atoms with Crippen LogP contribution < -0.4 is 0 Å². The second kappa shape index (κ2) is 11.8. The summed E-state index contributed by atoms with van der Waals surface area (Å²) in [6, 6.07) is -1.10. The third-order valence-electron chi connectivity index (χ3n) is 5.06. The van der Waals surface area contributed by atoms with Crippen molar-refractivity contribution in [3.63, 3.8) is 0 Å². The summed E-state index contributed by atoms with van der Waals surface area (Å²) in [5.41, 5.74) is 0. The molecule has 0 aromatic heterocycles. The molecule has 0 amide bonds. The molecule has 0 atom stereocenters. The molecule has 0 bridgehead atoms. The van der Waals surface area contributed by atoms with Gasteiger partial charge in [-0.1, -0.05) is 0 Å². The molecule has 0 aromatic rings. The molecular formula is C18H35F13O4Si5. The van der Waals surface area contributed by atoms with Gasteiger partial charge in [0.1, 0.15) is 0 Å². The van der Waals surface area contributed by atoms with E-state index in [2.05, 4.69) is 0 Å². The molecule has 0 aliphatic rings. The van der Waals surface area contributed by atoms with E-state index in [-0.39, 0.29) is 0 Å².